The molecule has 1 aliphatic rings. The Morgan fingerprint density at radius 1 is 1.12 bits per heavy atom. The van der Waals surface area contributed by atoms with Crippen molar-refractivity contribution in [1.82, 2.24) is 0 Å². The van der Waals surface area contributed by atoms with Crippen LogP contribution in [0.2, 0.25) is 0 Å². The summed E-state index contributed by atoms with van der Waals surface area (Å²) in [6.07, 6.45) is 0. The molecule has 1 aromatic carbocycles. The van der Waals surface area contributed by atoms with E-state index in [4.69, 9.17) is 4.55 Å². The van der Waals surface area contributed by atoms with Gasteiger partial charge in [-0.05, 0) is 22.6 Å². The zero-order valence-corrected chi connectivity index (χ0v) is 9.43. The Hall–Kier alpha value is -0.320. The van der Waals surface area contributed by atoms with Crippen LogP contribution in [0.5, 0.6) is 0 Å². The molecule has 0 fully saturated rings. The molecule has 86 valence electrons. The minimum absolute atomic E-state index is 0. The van der Waals surface area contributed by atoms with Gasteiger partial charge in [-0.3, -0.25) is 4.55 Å². The summed E-state index contributed by atoms with van der Waals surface area (Å²) in [4.78, 5) is -1.42. The van der Waals surface area contributed by atoms with Gasteiger partial charge in [0, 0.05) is 5.56 Å². The molecule has 0 radical (unpaired) electrons. The quantitative estimate of drug-likeness (QED) is 0.483. The van der Waals surface area contributed by atoms with Crippen LogP contribution < -0.4 is 0 Å². The van der Waals surface area contributed by atoms with E-state index in [9.17, 15) is 8.42 Å². The van der Waals surface area contributed by atoms with Crippen LogP contribution >= 0.6 is 12.6 Å². The van der Waals surface area contributed by atoms with E-state index in [-0.39, 0.29) is 34.5 Å². The summed E-state index contributed by atoms with van der Waals surface area (Å²) in [5.41, 5.74) is 0.508. The van der Waals surface area contributed by atoms with Gasteiger partial charge in [0.2, 0.25) is 0 Å². The van der Waals surface area contributed by atoms with E-state index in [0.717, 1.165) is 0 Å². The summed E-state index contributed by atoms with van der Waals surface area (Å²) < 4.78 is 30.4. The molecule has 7 nitrogen and oxygen atoms in total. The molecule has 17 heavy (non-hydrogen) atoms. The Kier molecular flexibility index (Phi) is 4.44. The predicted molar refractivity (Wildman–Crippen MR) is 63.8 cm³/mol. The average Bonchev–Trinajstić information content (AvgIpc) is 2.66. The molecule has 0 spiro atoms. The number of hydrogen-bond acceptors (Lipinski definition) is 7. The molecular formula is C7H7N4NaO3S2. The van der Waals surface area contributed by atoms with E-state index in [1.54, 1.807) is 0 Å². The van der Waals surface area contributed by atoms with Crippen molar-refractivity contribution in [3.63, 3.8) is 0 Å². The van der Waals surface area contributed by atoms with Gasteiger partial charge in [0.15, 0.2) is 0 Å². The van der Waals surface area contributed by atoms with Gasteiger partial charge in [-0.2, -0.15) is 8.42 Å². The monoisotopic (exact) mass is 282 g/mol. The molecule has 1 N–H and O–H groups in total. The van der Waals surface area contributed by atoms with Crippen LogP contribution in [0.4, 0.5) is 0 Å². The number of nitrogens with zero attached hydrogens (tertiary/aromatic N) is 4. The number of benzene rings is 1. The molecule has 0 unspecified atom stereocenters. The van der Waals surface area contributed by atoms with Gasteiger partial charge in [0.25, 0.3) is 15.1 Å². The fourth-order valence-electron chi connectivity index (χ4n) is 1.15. The molecule has 0 atom stereocenters. The third kappa shape index (κ3) is 3.12. The summed E-state index contributed by atoms with van der Waals surface area (Å²) >= 11 is 4.14. The molecule has 10 heteroatoms. The summed E-state index contributed by atoms with van der Waals surface area (Å²) in [5.74, 6) is 0. The second-order valence-corrected chi connectivity index (χ2v) is 5.06. The van der Waals surface area contributed by atoms with Crippen molar-refractivity contribution in [2.45, 2.75) is 9.89 Å². The van der Waals surface area contributed by atoms with Crippen molar-refractivity contribution in [3.8, 4) is 0 Å². The molecule has 0 amide bonds. The minimum atomic E-state index is -4.20. The first-order valence-electron chi connectivity index (χ1n) is 4.06. The second-order valence-electron chi connectivity index (χ2n) is 3.01. The molecule has 0 saturated heterocycles. The summed E-state index contributed by atoms with van der Waals surface area (Å²) in [6.45, 7) is 0. The average molecular weight is 282 g/mol. The first kappa shape index (κ1) is 14.7. The van der Waals surface area contributed by atoms with Crippen molar-refractivity contribution >= 4 is 52.3 Å². The fraction of sp³-hybridized carbons (Fsp3) is 0.143. The van der Waals surface area contributed by atoms with E-state index in [1.807, 2.05) is 0 Å². The number of hydrogen-bond donors (Lipinski definition) is 2. The first-order chi connectivity index (χ1) is 7.42. The Bertz CT molecular complexity index is 557. The van der Waals surface area contributed by atoms with Gasteiger partial charge < -0.3 is 0 Å². The standard InChI is InChI=1S/C7H6N4O3S2.Na.H/c12-16(13,14)6-3-1-5(2-4-6)7(15)8-10-11-9-7;;/h1-4,15H,(H,12,13,14);;. The number of thiol groups is 1. The zero-order valence-electron chi connectivity index (χ0n) is 7.72. The summed E-state index contributed by atoms with van der Waals surface area (Å²) in [5, 5.41) is 14.0. The maximum atomic E-state index is 10.8. The van der Waals surface area contributed by atoms with E-state index in [2.05, 4.69) is 33.3 Å². The predicted octanol–water partition coefficient (Wildman–Crippen LogP) is 1.16. The van der Waals surface area contributed by atoms with E-state index in [0.29, 0.717) is 5.56 Å². The van der Waals surface area contributed by atoms with E-state index >= 15 is 0 Å². The molecular weight excluding hydrogens is 275 g/mol. The third-order valence-electron chi connectivity index (χ3n) is 1.95. The van der Waals surface area contributed by atoms with Gasteiger partial charge >= 0.3 is 29.6 Å². The Morgan fingerprint density at radius 3 is 2.00 bits per heavy atom. The van der Waals surface area contributed by atoms with E-state index in [1.165, 1.54) is 24.3 Å². The van der Waals surface area contributed by atoms with Crippen molar-refractivity contribution < 1.29 is 13.0 Å². The molecule has 1 heterocycles. The molecule has 0 aromatic heterocycles. The van der Waals surface area contributed by atoms with Crippen LogP contribution in [0.3, 0.4) is 0 Å². The van der Waals surface area contributed by atoms with Crippen molar-refractivity contribution in [3.05, 3.63) is 29.8 Å². The van der Waals surface area contributed by atoms with Gasteiger partial charge in [-0.15, -0.1) is 22.9 Å². The van der Waals surface area contributed by atoms with Crippen LogP contribution in [0.25, 0.3) is 0 Å². The zero-order chi connectivity index (χ0) is 11.8. The second kappa shape index (κ2) is 5.12. The van der Waals surface area contributed by atoms with Crippen LogP contribution in [0.15, 0.2) is 49.8 Å². The van der Waals surface area contributed by atoms with E-state index < -0.39 is 15.1 Å². The maximum absolute atomic E-state index is 10.8. The molecule has 0 saturated carbocycles. The van der Waals surface area contributed by atoms with Crippen molar-refractivity contribution in [2.75, 3.05) is 0 Å². The van der Waals surface area contributed by atoms with Crippen molar-refractivity contribution in [2.24, 2.45) is 20.7 Å². The van der Waals surface area contributed by atoms with Gasteiger partial charge in [-0.1, -0.05) is 12.1 Å². The van der Waals surface area contributed by atoms with Gasteiger partial charge in [0.05, 0.1) is 4.90 Å². The molecule has 2 rings (SSSR count). The Labute approximate surface area is 125 Å². The number of rotatable bonds is 2. The normalized spacial score (nSPS) is 16.8. The first-order valence-corrected chi connectivity index (χ1v) is 5.95. The molecule has 1 aromatic rings. The molecule has 1 aliphatic heterocycles. The van der Waals surface area contributed by atoms with Crippen LogP contribution in [-0.2, 0) is 15.1 Å². The van der Waals surface area contributed by atoms with Crippen LogP contribution in [0.1, 0.15) is 5.56 Å². The van der Waals surface area contributed by atoms with Gasteiger partial charge in [-0.25, -0.2) is 0 Å². The van der Waals surface area contributed by atoms with Crippen LogP contribution in [0, 0.1) is 0 Å². The van der Waals surface area contributed by atoms with Gasteiger partial charge in [0.1, 0.15) is 0 Å². The Morgan fingerprint density at radius 2 is 1.59 bits per heavy atom. The summed E-state index contributed by atoms with van der Waals surface area (Å²) in [7, 11) is -4.20. The summed E-state index contributed by atoms with van der Waals surface area (Å²) in [6, 6.07) is 5.32. The van der Waals surface area contributed by atoms with Crippen molar-refractivity contribution in [1.29, 1.82) is 0 Å². The fourth-order valence-corrected chi connectivity index (χ4v) is 1.86. The van der Waals surface area contributed by atoms with Crippen LogP contribution in [-0.4, -0.2) is 42.5 Å². The SMILES string of the molecule is O=S(=O)(O)c1ccc(C2(S)N=NN=N2)cc1.[NaH]. The topological polar surface area (TPSA) is 104 Å². The molecule has 0 aliphatic carbocycles. The Balaban J connectivity index is 0.00000144. The third-order valence-corrected chi connectivity index (χ3v) is 3.25. The molecule has 0 bridgehead atoms.